The molecule has 1 saturated heterocycles. The zero-order valence-electron chi connectivity index (χ0n) is 10.00. The van der Waals surface area contributed by atoms with Gasteiger partial charge in [-0.15, -0.1) is 0 Å². The fourth-order valence-electron chi connectivity index (χ4n) is 2.35. The van der Waals surface area contributed by atoms with Gasteiger partial charge in [0.25, 0.3) is 0 Å². The molecule has 2 atom stereocenters. The molecule has 0 amide bonds. The number of nitrogens with two attached hydrogens (primary N) is 1. The Morgan fingerprint density at radius 3 is 3.17 bits per heavy atom. The van der Waals surface area contributed by atoms with Crippen LogP contribution in [-0.2, 0) is 4.74 Å². The molecule has 3 heterocycles. The van der Waals surface area contributed by atoms with Gasteiger partial charge in [-0.1, -0.05) is 0 Å². The molecule has 92 valence electrons. The minimum atomic E-state index is -0.701. The summed E-state index contributed by atoms with van der Waals surface area (Å²) in [5.41, 5.74) is 6.76. The van der Waals surface area contributed by atoms with Crippen LogP contribution in [-0.4, -0.2) is 20.2 Å². The van der Waals surface area contributed by atoms with Crippen molar-refractivity contribution in [2.24, 2.45) is 0 Å². The molecule has 0 spiro atoms. The summed E-state index contributed by atoms with van der Waals surface area (Å²) in [4.78, 5) is 3.94. The van der Waals surface area contributed by atoms with Crippen molar-refractivity contribution in [3.8, 4) is 6.07 Å². The van der Waals surface area contributed by atoms with Gasteiger partial charge >= 0.3 is 0 Å². The largest absolute Gasteiger partial charge is 0.382 e. The number of nitrogens with zero attached hydrogens (tertiary/aromatic N) is 4. The highest BCUT2D eigenvalue weighted by Crippen LogP contribution is 2.39. The lowest BCUT2D eigenvalue weighted by Gasteiger charge is -2.16. The summed E-state index contributed by atoms with van der Waals surface area (Å²) in [6, 6.07) is 6.00. The van der Waals surface area contributed by atoms with Crippen LogP contribution < -0.4 is 5.73 Å². The summed E-state index contributed by atoms with van der Waals surface area (Å²) in [7, 11) is 0. The molecule has 1 aliphatic rings. The number of fused-ring (bicyclic) bond motifs is 1. The fraction of sp³-hybridized carbons (Fsp3) is 0.417. The molecule has 0 aromatic carbocycles. The summed E-state index contributed by atoms with van der Waals surface area (Å²) < 4.78 is 7.54. The summed E-state index contributed by atoms with van der Waals surface area (Å²) in [6.07, 6.45) is 2.83. The second kappa shape index (κ2) is 3.68. The highest BCUT2D eigenvalue weighted by molar-refractivity contribution is 5.65. The molecule has 0 aliphatic carbocycles. The quantitative estimate of drug-likeness (QED) is 0.818. The van der Waals surface area contributed by atoms with Gasteiger partial charge in [0, 0.05) is 0 Å². The molecule has 2 N–H and O–H groups in total. The molecule has 0 bridgehead atoms. The van der Waals surface area contributed by atoms with Crippen LogP contribution in [0.5, 0.6) is 0 Å². The Balaban J connectivity index is 2.02. The predicted molar refractivity (Wildman–Crippen MR) is 64.5 cm³/mol. The molecule has 6 heteroatoms. The standard InChI is InChI=1S/C12H13N5O/c1-12(6-13)5-4-10(18-12)8-2-3-9-11(14)15-7-16-17(8)9/h2-3,7,10H,4-5H2,1H3,(H2,14,15,16)/t10-,12-/m1/s1. The first kappa shape index (κ1) is 11.0. The fourth-order valence-corrected chi connectivity index (χ4v) is 2.35. The van der Waals surface area contributed by atoms with E-state index in [2.05, 4.69) is 16.2 Å². The number of hydrogen-bond acceptors (Lipinski definition) is 5. The van der Waals surface area contributed by atoms with E-state index in [1.165, 1.54) is 6.33 Å². The minimum absolute atomic E-state index is 0.119. The average Bonchev–Trinajstić information content (AvgIpc) is 2.94. The molecule has 0 unspecified atom stereocenters. The highest BCUT2D eigenvalue weighted by atomic mass is 16.5. The molecule has 2 aromatic rings. The zero-order chi connectivity index (χ0) is 12.8. The van der Waals surface area contributed by atoms with Crippen molar-refractivity contribution < 1.29 is 4.74 Å². The lowest BCUT2D eigenvalue weighted by Crippen LogP contribution is -2.20. The van der Waals surface area contributed by atoms with E-state index in [4.69, 9.17) is 15.7 Å². The van der Waals surface area contributed by atoms with Crippen molar-refractivity contribution in [2.45, 2.75) is 31.5 Å². The van der Waals surface area contributed by atoms with Crippen LogP contribution in [0.1, 0.15) is 31.6 Å². The number of nitrogen functional groups attached to an aromatic ring is 1. The van der Waals surface area contributed by atoms with E-state index in [1.807, 2.05) is 19.1 Å². The van der Waals surface area contributed by atoms with Gasteiger partial charge in [0.05, 0.1) is 11.8 Å². The Labute approximate surface area is 104 Å². The molecule has 0 radical (unpaired) electrons. The van der Waals surface area contributed by atoms with E-state index in [0.29, 0.717) is 5.82 Å². The third-order valence-electron chi connectivity index (χ3n) is 3.36. The number of anilines is 1. The number of rotatable bonds is 1. The van der Waals surface area contributed by atoms with Crippen LogP contribution >= 0.6 is 0 Å². The maximum Gasteiger partial charge on any atom is 0.152 e. The Morgan fingerprint density at radius 1 is 1.61 bits per heavy atom. The third-order valence-corrected chi connectivity index (χ3v) is 3.36. The third kappa shape index (κ3) is 1.52. The molecular weight excluding hydrogens is 230 g/mol. The predicted octanol–water partition coefficient (Wildman–Crippen LogP) is 1.45. The summed E-state index contributed by atoms with van der Waals surface area (Å²) >= 11 is 0. The topological polar surface area (TPSA) is 89.2 Å². The molecule has 6 nitrogen and oxygen atoms in total. The van der Waals surface area contributed by atoms with Crippen molar-refractivity contribution in [2.75, 3.05) is 5.73 Å². The van der Waals surface area contributed by atoms with Crippen LogP contribution in [0, 0.1) is 11.3 Å². The van der Waals surface area contributed by atoms with Gasteiger partial charge in [0.2, 0.25) is 0 Å². The van der Waals surface area contributed by atoms with E-state index >= 15 is 0 Å². The minimum Gasteiger partial charge on any atom is -0.382 e. The van der Waals surface area contributed by atoms with Gasteiger partial charge in [0.1, 0.15) is 17.9 Å². The van der Waals surface area contributed by atoms with E-state index in [0.717, 1.165) is 24.1 Å². The highest BCUT2D eigenvalue weighted by Gasteiger charge is 2.38. The number of ether oxygens (including phenoxy) is 1. The van der Waals surface area contributed by atoms with Crippen LogP contribution in [0.2, 0.25) is 0 Å². The lowest BCUT2D eigenvalue weighted by molar-refractivity contribution is 0.00626. The Kier molecular flexibility index (Phi) is 2.25. The van der Waals surface area contributed by atoms with Crippen LogP contribution in [0.15, 0.2) is 18.5 Å². The summed E-state index contributed by atoms with van der Waals surface area (Å²) in [5.74, 6) is 0.442. The molecule has 18 heavy (non-hydrogen) atoms. The van der Waals surface area contributed by atoms with E-state index in [-0.39, 0.29) is 6.10 Å². The van der Waals surface area contributed by atoms with Gasteiger partial charge in [-0.05, 0) is 31.9 Å². The van der Waals surface area contributed by atoms with E-state index < -0.39 is 5.60 Å². The first-order valence-electron chi connectivity index (χ1n) is 5.80. The zero-order valence-corrected chi connectivity index (χ0v) is 10.00. The van der Waals surface area contributed by atoms with Gasteiger partial charge < -0.3 is 10.5 Å². The second-order valence-electron chi connectivity index (χ2n) is 4.69. The van der Waals surface area contributed by atoms with Gasteiger partial charge in [-0.25, -0.2) is 9.50 Å². The molecule has 2 aromatic heterocycles. The molecule has 1 fully saturated rings. The van der Waals surface area contributed by atoms with Gasteiger partial charge in [-0.3, -0.25) is 0 Å². The summed E-state index contributed by atoms with van der Waals surface area (Å²) in [6.45, 7) is 1.81. The Bertz CT molecular complexity index is 643. The second-order valence-corrected chi connectivity index (χ2v) is 4.69. The summed E-state index contributed by atoms with van der Waals surface area (Å²) in [5, 5.41) is 13.3. The lowest BCUT2D eigenvalue weighted by atomic mass is 10.0. The normalized spacial score (nSPS) is 27.4. The average molecular weight is 243 g/mol. The Hall–Kier alpha value is -2.13. The number of nitriles is 1. The molecule has 3 rings (SSSR count). The van der Waals surface area contributed by atoms with Crippen molar-refractivity contribution in [3.63, 3.8) is 0 Å². The van der Waals surface area contributed by atoms with Crippen molar-refractivity contribution in [1.29, 1.82) is 5.26 Å². The van der Waals surface area contributed by atoms with Crippen molar-refractivity contribution in [3.05, 3.63) is 24.2 Å². The number of hydrogen-bond donors (Lipinski definition) is 1. The Morgan fingerprint density at radius 2 is 2.44 bits per heavy atom. The van der Waals surface area contributed by atoms with Crippen molar-refractivity contribution in [1.82, 2.24) is 14.6 Å². The monoisotopic (exact) mass is 243 g/mol. The SMILES string of the molecule is C[C@]1(C#N)CC[C@H](c2ccc3c(N)ncnn23)O1. The number of aromatic nitrogens is 3. The molecule has 0 saturated carbocycles. The van der Waals surface area contributed by atoms with E-state index in [1.54, 1.807) is 4.52 Å². The first-order chi connectivity index (χ1) is 8.63. The smallest absolute Gasteiger partial charge is 0.152 e. The van der Waals surface area contributed by atoms with Crippen LogP contribution in [0.25, 0.3) is 5.52 Å². The van der Waals surface area contributed by atoms with E-state index in [9.17, 15) is 0 Å². The first-order valence-corrected chi connectivity index (χ1v) is 5.80. The van der Waals surface area contributed by atoms with Crippen LogP contribution in [0.3, 0.4) is 0 Å². The molecular formula is C12H13N5O. The van der Waals surface area contributed by atoms with Crippen LogP contribution in [0.4, 0.5) is 5.82 Å². The van der Waals surface area contributed by atoms with Gasteiger partial charge in [-0.2, -0.15) is 10.4 Å². The van der Waals surface area contributed by atoms with Gasteiger partial charge in [0.15, 0.2) is 11.4 Å². The molecule has 1 aliphatic heterocycles. The van der Waals surface area contributed by atoms with Crippen molar-refractivity contribution >= 4 is 11.3 Å². The maximum atomic E-state index is 9.07. The maximum absolute atomic E-state index is 9.07.